The van der Waals surface area contributed by atoms with Gasteiger partial charge in [0.2, 0.25) is 5.91 Å². The van der Waals surface area contributed by atoms with Gasteiger partial charge in [0.25, 0.3) is 0 Å². The van der Waals surface area contributed by atoms with Crippen molar-refractivity contribution in [3.05, 3.63) is 11.8 Å². The fourth-order valence-corrected chi connectivity index (χ4v) is 1.06. The fourth-order valence-electron chi connectivity index (χ4n) is 1.06. The number of aromatic nitrogens is 2. The van der Waals surface area contributed by atoms with Crippen LogP contribution in [0.1, 0.15) is 25.5 Å². The minimum atomic E-state index is -0.0918. The number of hydrogen-bond donors (Lipinski definition) is 3. The van der Waals surface area contributed by atoms with Crippen LogP contribution in [0.2, 0.25) is 0 Å². The van der Waals surface area contributed by atoms with E-state index in [1.165, 1.54) is 0 Å². The number of aryl methyl sites for hydroxylation is 1. The Morgan fingerprint density at radius 2 is 2.50 bits per heavy atom. The first-order valence-electron chi connectivity index (χ1n) is 4.69. The van der Waals surface area contributed by atoms with E-state index < -0.39 is 0 Å². The third-order valence-corrected chi connectivity index (χ3v) is 1.95. The van der Waals surface area contributed by atoms with E-state index in [0.717, 1.165) is 12.1 Å². The second-order valence-electron chi connectivity index (χ2n) is 3.36. The number of nitrogens with two attached hydrogens (primary N) is 1. The van der Waals surface area contributed by atoms with Crippen LogP contribution >= 0.6 is 0 Å². The first kappa shape index (κ1) is 10.7. The van der Waals surface area contributed by atoms with Gasteiger partial charge in [-0.2, -0.15) is 5.10 Å². The molecular formula is C9H16N4O. The van der Waals surface area contributed by atoms with E-state index in [-0.39, 0.29) is 11.9 Å². The zero-order chi connectivity index (χ0) is 10.6. The molecule has 5 heteroatoms. The average Bonchev–Trinajstić information content (AvgIpc) is 2.50. The minimum absolute atomic E-state index is 0.0740. The van der Waals surface area contributed by atoms with Crippen molar-refractivity contribution in [2.24, 2.45) is 5.73 Å². The largest absolute Gasteiger partial charge is 0.327 e. The van der Waals surface area contributed by atoms with Gasteiger partial charge in [-0.3, -0.25) is 9.89 Å². The quantitative estimate of drug-likeness (QED) is 0.665. The number of amides is 1. The summed E-state index contributed by atoms with van der Waals surface area (Å²) in [5.74, 6) is 0.460. The number of nitrogens with zero attached hydrogens (tertiary/aromatic N) is 1. The Morgan fingerprint density at radius 1 is 1.79 bits per heavy atom. The molecule has 0 saturated heterocycles. The second-order valence-corrected chi connectivity index (χ2v) is 3.36. The summed E-state index contributed by atoms with van der Waals surface area (Å²) in [6, 6.07) is 1.70. The molecule has 0 saturated carbocycles. The van der Waals surface area contributed by atoms with Crippen LogP contribution in [0.4, 0.5) is 5.82 Å². The lowest BCUT2D eigenvalue weighted by molar-refractivity contribution is -0.116. The van der Waals surface area contributed by atoms with Crippen LogP contribution in [-0.4, -0.2) is 22.1 Å². The number of rotatable bonds is 4. The molecular weight excluding hydrogens is 180 g/mol. The van der Waals surface area contributed by atoms with Gasteiger partial charge in [-0.25, -0.2) is 0 Å². The van der Waals surface area contributed by atoms with Crippen LogP contribution < -0.4 is 11.1 Å². The molecule has 0 fully saturated rings. The van der Waals surface area contributed by atoms with Crippen molar-refractivity contribution in [1.82, 2.24) is 10.2 Å². The molecule has 5 nitrogen and oxygen atoms in total. The van der Waals surface area contributed by atoms with Gasteiger partial charge in [0.15, 0.2) is 5.82 Å². The molecule has 0 aliphatic rings. The smallest absolute Gasteiger partial charge is 0.227 e. The second kappa shape index (κ2) is 4.76. The van der Waals surface area contributed by atoms with Crippen LogP contribution in [-0.2, 0) is 4.79 Å². The molecule has 14 heavy (non-hydrogen) atoms. The standard InChI is InChI=1S/C9H16N4O/c1-3-7(10)5-9(14)11-8-4-6(2)12-13-8/h4,7H,3,5,10H2,1-2H3,(H2,11,12,13,14). The third-order valence-electron chi connectivity index (χ3n) is 1.95. The van der Waals surface area contributed by atoms with Crippen molar-refractivity contribution in [3.8, 4) is 0 Å². The summed E-state index contributed by atoms with van der Waals surface area (Å²) in [4.78, 5) is 11.3. The van der Waals surface area contributed by atoms with Crippen LogP contribution in [0.3, 0.4) is 0 Å². The highest BCUT2D eigenvalue weighted by atomic mass is 16.1. The molecule has 0 spiro atoms. The van der Waals surface area contributed by atoms with Crippen LogP contribution in [0.15, 0.2) is 6.07 Å². The lowest BCUT2D eigenvalue weighted by Gasteiger charge is -2.07. The lowest BCUT2D eigenvalue weighted by atomic mass is 10.1. The van der Waals surface area contributed by atoms with E-state index in [0.29, 0.717) is 12.2 Å². The summed E-state index contributed by atoms with van der Waals surface area (Å²) in [5, 5.41) is 9.30. The number of H-pyrrole nitrogens is 1. The molecule has 1 amide bonds. The van der Waals surface area contributed by atoms with Crippen molar-refractivity contribution in [3.63, 3.8) is 0 Å². The van der Waals surface area contributed by atoms with Gasteiger partial charge >= 0.3 is 0 Å². The summed E-state index contributed by atoms with van der Waals surface area (Å²) in [5.41, 5.74) is 6.56. The zero-order valence-corrected chi connectivity index (χ0v) is 8.50. The molecule has 1 rings (SSSR count). The maximum atomic E-state index is 11.3. The van der Waals surface area contributed by atoms with Gasteiger partial charge in [-0.15, -0.1) is 0 Å². The molecule has 1 unspecified atom stereocenters. The Labute approximate surface area is 83.1 Å². The van der Waals surface area contributed by atoms with Crippen molar-refractivity contribution >= 4 is 11.7 Å². The molecule has 1 atom stereocenters. The molecule has 0 aromatic carbocycles. The molecule has 0 bridgehead atoms. The van der Waals surface area contributed by atoms with Crippen molar-refractivity contribution in [2.45, 2.75) is 32.7 Å². The molecule has 0 aliphatic heterocycles. The highest BCUT2D eigenvalue weighted by molar-refractivity contribution is 5.90. The van der Waals surface area contributed by atoms with Crippen molar-refractivity contribution < 1.29 is 4.79 Å². The van der Waals surface area contributed by atoms with Crippen LogP contribution in [0.5, 0.6) is 0 Å². The number of carbonyl (C=O) groups excluding carboxylic acids is 1. The molecule has 4 N–H and O–H groups in total. The monoisotopic (exact) mass is 196 g/mol. The fraction of sp³-hybridized carbons (Fsp3) is 0.556. The predicted octanol–water partition coefficient (Wildman–Crippen LogP) is 0.784. The zero-order valence-electron chi connectivity index (χ0n) is 8.50. The minimum Gasteiger partial charge on any atom is -0.327 e. The summed E-state index contributed by atoms with van der Waals surface area (Å²) in [6.45, 7) is 3.83. The SMILES string of the molecule is CCC(N)CC(=O)Nc1cc(C)[nH]n1. The van der Waals surface area contributed by atoms with Crippen LogP contribution in [0.25, 0.3) is 0 Å². The Bertz CT molecular complexity index is 308. The molecule has 78 valence electrons. The Balaban J connectivity index is 2.41. The maximum Gasteiger partial charge on any atom is 0.227 e. The van der Waals surface area contributed by atoms with Gasteiger partial charge in [0, 0.05) is 24.2 Å². The summed E-state index contributed by atoms with van der Waals surface area (Å²) >= 11 is 0. The van der Waals surface area contributed by atoms with Crippen LogP contribution in [0, 0.1) is 6.92 Å². The molecule has 1 heterocycles. The number of hydrogen-bond acceptors (Lipinski definition) is 3. The van der Waals surface area contributed by atoms with E-state index in [1.54, 1.807) is 6.07 Å². The number of nitrogens with one attached hydrogen (secondary N) is 2. The topological polar surface area (TPSA) is 83.8 Å². The van der Waals surface area contributed by atoms with Gasteiger partial charge < -0.3 is 11.1 Å². The molecule has 1 aromatic rings. The molecule has 0 radical (unpaired) electrons. The normalized spacial score (nSPS) is 12.5. The van der Waals surface area contributed by atoms with E-state index >= 15 is 0 Å². The molecule has 0 aliphatic carbocycles. The summed E-state index contributed by atoms with van der Waals surface area (Å²) in [6.07, 6.45) is 1.13. The van der Waals surface area contributed by atoms with E-state index in [9.17, 15) is 4.79 Å². The Hall–Kier alpha value is -1.36. The van der Waals surface area contributed by atoms with Crippen molar-refractivity contribution in [2.75, 3.05) is 5.32 Å². The van der Waals surface area contributed by atoms with Crippen molar-refractivity contribution in [1.29, 1.82) is 0 Å². The van der Waals surface area contributed by atoms with E-state index in [4.69, 9.17) is 5.73 Å². The van der Waals surface area contributed by atoms with Gasteiger partial charge in [-0.1, -0.05) is 6.92 Å². The first-order valence-corrected chi connectivity index (χ1v) is 4.69. The average molecular weight is 196 g/mol. The highest BCUT2D eigenvalue weighted by Crippen LogP contribution is 2.05. The van der Waals surface area contributed by atoms with E-state index in [1.807, 2.05) is 13.8 Å². The Morgan fingerprint density at radius 3 is 3.00 bits per heavy atom. The maximum absolute atomic E-state index is 11.3. The predicted molar refractivity (Wildman–Crippen MR) is 54.8 cm³/mol. The number of aromatic amines is 1. The van der Waals surface area contributed by atoms with Gasteiger partial charge in [0.1, 0.15) is 0 Å². The number of carbonyl (C=O) groups is 1. The summed E-state index contributed by atoms with van der Waals surface area (Å²) < 4.78 is 0. The van der Waals surface area contributed by atoms with Gasteiger partial charge in [0.05, 0.1) is 0 Å². The lowest BCUT2D eigenvalue weighted by Crippen LogP contribution is -2.26. The van der Waals surface area contributed by atoms with Gasteiger partial charge in [-0.05, 0) is 13.3 Å². The number of anilines is 1. The third kappa shape index (κ3) is 3.18. The summed E-state index contributed by atoms with van der Waals surface area (Å²) in [7, 11) is 0. The van der Waals surface area contributed by atoms with E-state index in [2.05, 4.69) is 15.5 Å². The molecule has 1 aromatic heterocycles. The first-order chi connectivity index (χ1) is 6.61. The Kier molecular flexibility index (Phi) is 3.64. The highest BCUT2D eigenvalue weighted by Gasteiger charge is 2.08.